The molecular weight excluding hydrogens is 401 g/mol. The van der Waals surface area contributed by atoms with Crippen molar-refractivity contribution in [3.05, 3.63) is 59.7 Å². The number of aromatic nitrogens is 3. The van der Waals surface area contributed by atoms with Gasteiger partial charge in [-0.2, -0.15) is 13.2 Å². The standard InChI is InChI=1S/C20H19F3N4OS/c1-2-28-17-9-7-16(8-10-17)26-11-12-27-18(26)24-25-19(27)29-13-14-3-5-15(6-4-14)20(21,22)23/h3-10H,2,11-13H2,1H3. The molecule has 2 aromatic carbocycles. The lowest BCUT2D eigenvalue weighted by atomic mass is 10.1. The fourth-order valence-corrected chi connectivity index (χ4v) is 4.07. The number of nitrogens with zero attached hydrogens (tertiary/aromatic N) is 4. The van der Waals surface area contributed by atoms with Crippen LogP contribution in [0.5, 0.6) is 5.75 Å². The maximum absolute atomic E-state index is 12.7. The van der Waals surface area contributed by atoms with Crippen LogP contribution in [0, 0.1) is 0 Å². The van der Waals surface area contributed by atoms with Gasteiger partial charge in [0.25, 0.3) is 0 Å². The average molecular weight is 420 g/mol. The minimum atomic E-state index is -4.32. The lowest BCUT2D eigenvalue weighted by Crippen LogP contribution is -2.14. The Balaban J connectivity index is 1.44. The van der Waals surface area contributed by atoms with Crippen LogP contribution >= 0.6 is 11.8 Å². The molecule has 0 N–H and O–H groups in total. The normalized spacial score (nSPS) is 13.6. The molecule has 0 amide bonds. The Labute approximate surface area is 170 Å². The Kier molecular flexibility index (Phi) is 5.40. The SMILES string of the molecule is CCOc1ccc(N2CCn3c(SCc4ccc(C(F)(F)F)cc4)nnc32)cc1. The van der Waals surface area contributed by atoms with Gasteiger partial charge < -0.3 is 9.64 Å². The molecule has 1 aromatic heterocycles. The van der Waals surface area contributed by atoms with Crippen LogP contribution in [-0.2, 0) is 18.5 Å². The summed E-state index contributed by atoms with van der Waals surface area (Å²) in [7, 11) is 0. The first-order valence-electron chi connectivity index (χ1n) is 9.18. The van der Waals surface area contributed by atoms with E-state index in [-0.39, 0.29) is 0 Å². The van der Waals surface area contributed by atoms with E-state index < -0.39 is 11.7 Å². The minimum Gasteiger partial charge on any atom is -0.494 e. The molecule has 0 radical (unpaired) electrons. The van der Waals surface area contributed by atoms with Gasteiger partial charge in [-0.1, -0.05) is 23.9 Å². The molecule has 0 spiro atoms. The predicted molar refractivity (Wildman–Crippen MR) is 106 cm³/mol. The molecular formula is C20H19F3N4OS. The summed E-state index contributed by atoms with van der Waals surface area (Å²) in [6, 6.07) is 13.1. The zero-order valence-electron chi connectivity index (χ0n) is 15.7. The lowest BCUT2D eigenvalue weighted by molar-refractivity contribution is -0.137. The van der Waals surface area contributed by atoms with Gasteiger partial charge in [-0.05, 0) is 48.9 Å². The second-order valence-corrected chi connectivity index (χ2v) is 7.44. The average Bonchev–Trinajstić information content (AvgIpc) is 3.29. The molecule has 1 aliphatic heterocycles. The second kappa shape index (κ2) is 7.98. The van der Waals surface area contributed by atoms with Crippen molar-refractivity contribution in [1.82, 2.24) is 14.8 Å². The van der Waals surface area contributed by atoms with Gasteiger partial charge in [0.2, 0.25) is 5.95 Å². The number of halogens is 3. The summed E-state index contributed by atoms with van der Waals surface area (Å²) in [4.78, 5) is 2.09. The molecule has 1 aliphatic rings. The van der Waals surface area contributed by atoms with Gasteiger partial charge in [-0.3, -0.25) is 4.57 Å². The third-order valence-electron chi connectivity index (χ3n) is 4.59. The highest BCUT2D eigenvalue weighted by molar-refractivity contribution is 7.98. The van der Waals surface area contributed by atoms with E-state index in [2.05, 4.69) is 15.1 Å². The molecule has 0 saturated heterocycles. The summed E-state index contributed by atoms with van der Waals surface area (Å²) >= 11 is 1.47. The van der Waals surface area contributed by atoms with E-state index in [1.165, 1.54) is 23.9 Å². The van der Waals surface area contributed by atoms with Crippen LogP contribution < -0.4 is 9.64 Å². The van der Waals surface area contributed by atoms with Crippen molar-refractivity contribution < 1.29 is 17.9 Å². The van der Waals surface area contributed by atoms with Crippen LogP contribution in [0.1, 0.15) is 18.1 Å². The van der Waals surface area contributed by atoms with Crippen LogP contribution in [0.25, 0.3) is 0 Å². The van der Waals surface area contributed by atoms with E-state index in [0.29, 0.717) is 12.4 Å². The van der Waals surface area contributed by atoms with E-state index >= 15 is 0 Å². The highest BCUT2D eigenvalue weighted by Crippen LogP contribution is 2.34. The summed E-state index contributed by atoms with van der Waals surface area (Å²) in [6.45, 7) is 4.11. The molecule has 0 saturated carbocycles. The van der Waals surface area contributed by atoms with Gasteiger partial charge in [0.15, 0.2) is 5.16 Å². The molecule has 5 nitrogen and oxygen atoms in total. The molecule has 0 unspecified atom stereocenters. The predicted octanol–water partition coefficient (Wildman–Crippen LogP) is 5.14. The van der Waals surface area contributed by atoms with Gasteiger partial charge in [0.1, 0.15) is 5.75 Å². The smallest absolute Gasteiger partial charge is 0.416 e. The van der Waals surface area contributed by atoms with Crippen molar-refractivity contribution in [2.24, 2.45) is 0 Å². The van der Waals surface area contributed by atoms with Crippen molar-refractivity contribution in [3.63, 3.8) is 0 Å². The lowest BCUT2D eigenvalue weighted by Gasteiger charge is -2.15. The maximum Gasteiger partial charge on any atom is 0.416 e. The molecule has 152 valence electrons. The first-order valence-corrected chi connectivity index (χ1v) is 10.2. The van der Waals surface area contributed by atoms with Gasteiger partial charge in [-0.25, -0.2) is 0 Å². The van der Waals surface area contributed by atoms with Crippen molar-refractivity contribution >= 4 is 23.4 Å². The molecule has 0 fully saturated rings. The fourth-order valence-electron chi connectivity index (χ4n) is 3.15. The van der Waals surface area contributed by atoms with Crippen molar-refractivity contribution in [2.75, 3.05) is 18.1 Å². The summed E-state index contributed by atoms with van der Waals surface area (Å²) in [5.74, 6) is 2.12. The van der Waals surface area contributed by atoms with Gasteiger partial charge in [0.05, 0.1) is 12.2 Å². The van der Waals surface area contributed by atoms with E-state index in [4.69, 9.17) is 4.74 Å². The number of hydrogen-bond donors (Lipinski definition) is 0. The molecule has 2 heterocycles. The number of fused-ring (bicyclic) bond motifs is 1. The van der Waals surface area contributed by atoms with Crippen LogP contribution in [0.15, 0.2) is 53.7 Å². The first kappa shape index (κ1) is 19.6. The number of alkyl halides is 3. The number of ether oxygens (including phenoxy) is 1. The van der Waals surface area contributed by atoms with Gasteiger partial charge in [0, 0.05) is 24.5 Å². The van der Waals surface area contributed by atoms with Crippen LogP contribution in [-0.4, -0.2) is 27.9 Å². The zero-order chi connectivity index (χ0) is 20.4. The maximum atomic E-state index is 12.7. The number of rotatable bonds is 6. The molecule has 3 aromatic rings. The molecule has 0 bridgehead atoms. The largest absolute Gasteiger partial charge is 0.494 e. The van der Waals surface area contributed by atoms with Crippen LogP contribution in [0.2, 0.25) is 0 Å². The summed E-state index contributed by atoms with van der Waals surface area (Å²) in [6.07, 6.45) is -4.32. The monoisotopic (exact) mass is 420 g/mol. The highest BCUT2D eigenvalue weighted by atomic mass is 32.2. The molecule has 0 aliphatic carbocycles. The van der Waals surface area contributed by atoms with Gasteiger partial charge >= 0.3 is 6.18 Å². The molecule has 4 rings (SSSR count). The van der Waals surface area contributed by atoms with Crippen molar-refractivity contribution in [1.29, 1.82) is 0 Å². The zero-order valence-corrected chi connectivity index (χ0v) is 16.5. The number of hydrogen-bond acceptors (Lipinski definition) is 5. The number of benzene rings is 2. The fraction of sp³-hybridized carbons (Fsp3) is 0.300. The van der Waals surface area contributed by atoms with E-state index in [0.717, 1.165) is 53.3 Å². The van der Waals surface area contributed by atoms with E-state index in [1.807, 2.05) is 35.8 Å². The topological polar surface area (TPSA) is 43.2 Å². The van der Waals surface area contributed by atoms with E-state index in [1.54, 1.807) is 0 Å². The first-order chi connectivity index (χ1) is 14.0. The number of anilines is 2. The summed E-state index contributed by atoms with van der Waals surface area (Å²) in [5, 5.41) is 9.33. The quantitative estimate of drug-likeness (QED) is 0.517. The highest BCUT2D eigenvalue weighted by Gasteiger charge is 2.30. The summed E-state index contributed by atoms with van der Waals surface area (Å²) in [5.41, 5.74) is 1.18. The Morgan fingerprint density at radius 2 is 1.72 bits per heavy atom. The Hall–Kier alpha value is -2.68. The van der Waals surface area contributed by atoms with E-state index in [9.17, 15) is 13.2 Å². The third-order valence-corrected chi connectivity index (χ3v) is 5.63. The van der Waals surface area contributed by atoms with Crippen LogP contribution in [0.4, 0.5) is 24.8 Å². The molecule has 0 atom stereocenters. The third kappa shape index (κ3) is 4.19. The number of thioether (sulfide) groups is 1. The summed E-state index contributed by atoms with van der Waals surface area (Å²) < 4.78 is 45.5. The van der Waals surface area contributed by atoms with Crippen molar-refractivity contribution in [2.45, 2.75) is 30.6 Å². The van der Waals surface area contributed by atoms with Crippen molar-refractivity contribution in [3.8, 4) is 5.75 Å². The van der Waals surface area contributed by atoms with Gasteiger partial charge in [-0.15, -0.1) is 10.2 Å². The molecule has 29 heavy (non-hydrogen) atoms. The van der Waals surface area contributed by atoms with Crippen LogP contribution in [0.3, 0.4) is 0 Å². The second-order valence-electron chi connectivity index (χ2n) is 6.50. The minimum absolute atomic E-state index is 0.527. The Bertz CT molecular complexity index is 971. The Morgan fingerprint density at radius 1 is 1.00 bits per heavy atom. The molecule has 9 heteroatoms. The Morgan fingerprint density at radius 3 is 2.38 bits per heavy atom.